The van der Waals surface area contributed by atoms with Crippen LogP contribution >= 0.6 is 0 Å². The molecule has 0 unspecified atom stereocenters. The number of ether oxygens (including phenoxy) is 1. The molecule has 0 aromatic heterocycles. The molecule has 9 heteroatoms. The van der Waals surface area contributed by atoms with Crippen molar-refractivity contribution in [2.75, 3.05) is 12.4 Å². The van der Waals surface area contributed by atoms with Gasteiger partial charge in [-0.1, -0.05) is 36.4 Å². The standard InChI is InChI=1S/C23H22N4O5/c1-32-16-9-5-2-6-12(16)11-27-20(29)18-15(10-17(24)28)26-23(19(18)21(27)30)13-7-3-4-8-14(13)25-22(23)31/h2-9,15,18-19,26H,10-11H2,1H3,(H2,24,28)(H,25,31)/t15-,18+,19-,23-/m1/s1. The number of likely N-dealkylation sites (tertiary alicyclic amines) is 1. The summed E-state index contributed by atoms with van der Waals surface area (Å²) < 4.78 is 5.36. The van der Waals surface area contributed by atoms with Gasteiger partial charge in [0, 0.05) is 29.3 Å². The fraction of sp³-hybridized carbons (Fsp3) is 0.304. The normalized spacial score (nSPS) is 28.1. The summed E-state index contributed by atoms with van der Waals surface area (Å²) in [6.07, 6.45) is -0.167. The molecule has 4 atom stereocenters. The Hall–Kier alpha value is -3.72. The van der Waals surface area contributed by atoms with Crippen molar-refractivity contribution in [1.82, 2.24) is 10.2 Å². The number of nitrogens with zero attached hydrogens (tertiary/aromatic N) is 1. The van der Waals surface area contributed by atoms with Gasteiger partial charge in [0.25, 0.3) is 0 Å². The molecule has 4 amide bonds. The smallest absolute Gasteiger partial charge is 0.250 e. The Balaban J connectivity index is 1.60. The highest BCUT2D eigenvalue weighted by Gasteiger charge is 2.70. The summed E-state index contributed by atoms with van der Waals surface area (Å²) in [5, 5.41) is 5.98. The molecule has 3 aliphatic heterocycles. The number of anilines is 1. The van der Waals surface area contributed by atoms with Gasteiger partial charge in [-0.3, -0.25) is 29.4 Å². The number of nitrogens with two attached hydrogens (primary N) is 1. The van der Waals surface area contributed by atoms with Crippen molar-refractivity contribution < 1.29 is 23.9 Å². The molecule has 0 aliphatic carbocycles. The number of primary amides is 1. The number of benzene rings is 2. The molecule has 3 aliphatic rings. The van der Waals surface area contributed by atoms with E-state index in [4.69, 9.17) is 10.5 Å². The summed E-state index contributed by atoms with van der Waals surface area (Å²) in [6.45, 7) is 0.0112. The van der Waals surface area contributed by atoms with Crippen LogP contribution in [-0.4, -0.2) is 41.7 Å². The average Bonchev–Trinajstić information content (AvgIpc) is 3.34. The number of nitrogens with one attached hydrogen (secondary N) is 2. The minimum Gasteiger partial charge on any atom is -0.496 e. The number of imide groups is 1. The zero-order valence-corrected chi connectivity index (χ0v) is 17.3. The summed E-state index contributed by atoms with van der Waals surface area (Å²) in [5.41, 5.74) is 5.83. The molecule has 2 aromatic carbocycles. The molecule has 164 valence electrons. The molecular weight excluding hydrogens is 412 g/mol. The second-order valence-corrected chi connectivity index (χ2v) is 8.31. The van der Waals surface area contributed by atoms with E-state index in [1.165, 1.54) is 7.11 Å². The zero-order valence-electron chi connectivity index (χ0n) is 17.3. The van der Waals surface area contributed by atoms with Gasteiger partial charge >= 0.3 is 0 Å². The van der Waals surface area contributed by atoms with Crippen molar-refractivity contribution in [1.29, 1.82) is 0 Å². The molecule has 0 saturated carbocycles. The Labute approximate surface area is 183 Å². The molecule has 0 bridgehead atoms. The molecule has 32 heavy (non-hydrogen) atoms. The first-order valence-electron chi connectivity index (χ1n) is 10.3. The molecular formula is C23H22N4O5. The number of hydrogen-bond acceptors (Lipinski definition) is 6. The van der Waals surface area contributed by atoms with Crippen molar-refractivity contribution in [3.05, 3.63) is 59.7 Å². The monoisotopic (exact) mass is 434 g/mol. The fourth-order valence-electron chi connectivity index (χ4n) is 5.37. The van der Waals surface area contributed by atoms with Crippen molar-refractivity contribution >= 4 is 29.3 Å². The van der Waals surface area contributed by atoms with E-state index < -0.39 is 47.0 Å². The number of amides is 4. The maximum absolute atomic E-state index is 13.7. The predicted molar refractivity (Wildman–Crippen MR) is 113 cm³/mol. The van der Waals surface area contributed by atoms with Gasteiger partial charge in [0.15, 0.2) is 0 Å². The van der Waals surface area contributed by atoms with E-state index in [1.54, 1.807) is 48.5 Å². The van der Waals surface area contributed by atoms with Gasteiger partial charge in [-0.05, 0) is 12.1 Å². The minimum atomic E-state index is -1.44. The summed E-state index contributed by atoms with van der Waals surface area (Å²) >= 11 is 0. The second kappa shape index (κ2) is 7.16. The maximum Gasteiger partial charge on any atom is 0.250 e. The molecule has 4 N–H and O–H groups in total. The highest BCUT2D eigenvalue weighted by atomic mass is 16.5. The number of carbonyl (C=O) groups is 4. The lowest BCUT2D eigenvalue weighted by Crippen LogP contribution is -2.53. The van der Waals surface area contributed by atoms with Crippen LogP contribution in [0.2, 0.25) is 0 Å². The number of para-hydroxylation sites is 2. The van der Waals surface area contributed by atoms with Gasteiger partial charge in [0.1, 0.15) is 11.3 Å². The van der Waals surface area contributed by atoms with Gasteiger partial charge in [-0.25, -0.2) is 0 Å². The number of fused-ring (bicyclic) bond motifs is 4. The van der Waals surface area contributed by atoms with Crippen LogP contribution in [0.1, 0.15) is 17.5 Å². The predicted octanol–water partition coefficient (Wildman–Crippen LogP) is 0.491. The number of carbonyl (C=O) groups excluding carboxylic acids is 4. The van der Waals surface area contributed by atoms with Crippen LogP contribution in [0.5, 0.6) is 5.75 Å². The van der Waals surface area contributed by atoms with Crippen LogP contribution in [0, 0.1) is 11.8 Å². The number of hydrogen-bond donors (Lipinski definition) is 3. The van der Waals surface area contributed by atoms with Gasteiger partial charge in [-0.15, -0.1) is 0 Å². The third-order valence-corrected chi connectivity index (χ3v) is 6.66. The van der Waals surface area contributed by atoms with E-state index in [0.717, 1.165) is 4.90 Å². The molecule has 5 rings (SSSR count). The Morgan fingerprint density at radius 3 is 2.56 bits per heavy atom. The van der Waals surface area contributed by atoms with Gasteiger partial charge < -0.3 is 15.8 Å². The number of rotatable bonds is 5. The largest absolute Gasteiger partial charge is 0.496 e. The zero-order chi connectivity index (χ0) is 22.6. The van der Waals surface area contributed by atoms with Crippen molar-refractivity contribution in [2.24, 2.45) is 17.6 Å². The molecule has 9 nitrogen and oxygen atoms in total. The SMILES string of the molecule is COc1ccccc1CN1C(=O)[C@H]2[C@@H](CC(N)=O)N[C@@]3(C(=O)Nc4ccccc43)[C@H]2C1=O. The molecule has 1 spiro atoms. The molecule has 2 fully saturated rings. The topological polar surface area (TPSA) is 131 Å². The summed E-state index contributed by atoms with van der Waals surface area (Å²) in [5.74, 6) is -3.25. The average molecular weight is 434 g/mol. The Bertz CT molecular complexity index is 1160. The van der Waals surface area contributed by atoms with Crippen LogP contribution in [0.25, 0.3) is 0 Å². The van der Waals surface area contributed by atoms with E-state index in [9.17, 15) is 19.2 Å². The Morgan fingerprint density at radius 2 is 1.81 bits per heavy atom. The first kappa shape index (κ1) is 20.2. The summed E-state index contributed by atoms with van der Waals surface area (Å²) in [6, 6.07) is 13.4. The third kappa shape index (κ3) is 2.67. The lowest BCUT2D eigenvalue weighted by molar-refractivity contribution is -0.143. The number of methoxy groups -OCH3 is 1. The van der Waals surface area contributed by atoms with Gasteiger partial charge in [0.2, 0.25) is 23.6 Å². The second-order valence-electron chi connectivity index (χ2n) is 8.31. The minimum absolute atomic E-state index is 0.0112. The van der Waals surface area contributed by atoms with Gasteiger partial charge in [-0.2, -0.15) is 0 Å². The van der Waals surface area contributed by atoms with E-state index in [-0.39, 0.29) is 13.0 Å². The molecule has 2 saturated heterocycles. The van der Waals surface area contributed by atoms with Crippen molar-refractivity contribution in [3.63, 3.8) is 0 Å². The highest BCUT2D eigenvalue weighted by Crippen LogP contribution is 2.53. The molecule has 2 aromatic rings. The van der Waals surface area contributed by atoms with Crippen LogP contribution in [-0.2, 0) is 31.3 Å². The highest BCUT2D eigenvalue weighted by molar-refractivity contribution is 6.15. The maximum atomic E-state index is 13.7. The van der Waals surface area contributed by atoms with Crippen LogP contribution < -0.4 is 21.1 Å². The van der Waals surface area contributed by atoms with Crippen LogP contribution in [0.4, 0.5) is 5.69 Å². The summed E-state index contributed by atoms with van der Waals surface area (Å²) in [4.78, 5) is 53.4. The van der Waals surface area contributed by atoms with Crippen molar-refractivity contribution in [2.45, 2.75) is 24.5 Å². The molecule has 3 heterocycles. The van der Waals surface area contributed by atoms with E-state index in [2.05, 4.69) is 10.6 Å². The lowest BCUT2D eigenvalue weighted by atomic mass is 9.76. The quantitative estimate of drug-likeness (QED) is 0.587. The van der Waals surface area contributed by atoms with E-state index in [0.29, 0.717) is 22.6 Å². The van der Waals surface area contributed by atoms with E-state index in [1.807, 2.05) is 0 Å². The molecule has 0 radical (unpaired) electrons. The van der Waals surface area contributed by atoms with E-state index >= 15 is 0 Å². The fourth-order valence-corrected chi connectivity index (χ4v) is 5.37. The third-order valence-electron chi connectivity index (χ3n) is 6.66. The van der Waals surface area contributed by atoms with Gasteiger partial charge in [0.05, 0.1) is 25.5 Å². The summed E-state index contributed by atoms with van der Waals surface area (Å²) in [7, 11) is 1.52. The first-order valence-corrected chi connectivity index (χ1v) is 10.3. The first-order chi connectivity index (χ1) is 15.4. The van der Waals surface area contributed by atoms with Crippen molar-refractivity contribution in [3.8, 4) is 5.75 Å². The Morgan fingerprint density at radius 1 is 1.09 bits per heavy atom. The van der Waals surface area contributed by atoms with Crippen LogP contribution in [0.15, 0.2) is 48.5 Å². The Kier molecular flexibility index (Phi) is 4.52. The lowest BCUT2D eigenvalue weighted by Gasteiger charge is -2.29. The van der Waals surface area contributed by atoms with Crippen LogP contribution in [0.3, 0.4) is 0 Å².